The zero-order valence-corrected chi connectivity index (χ0v) is 20.8. The number of fused-ring (bicyclic) bond motifs is 3. The number of benzene rings is 1. The lowest BCUT2D eigenvalue weighted by Gasteiger charge is -2.34. The number of halogens is 1. The molecule has 6 nitrogen and oxygen atoms in total. The molecule has 1 atom stereocenters. The third-order valence-electron chi connectivity index (χ3n) is 7.33. The van der Waals surface area contributed by atoms with Crippen LogP contribution in [-0.2, 0) is 19.4 Å². The van der Waals surface area contributed by atoms with Crippen LogP contribution in [0.15, 0.2) is 29.1 Å². The van der Waals surface area contributed by atoms with Crippen molar-refractivity contribution < 1.29 is 9.18 Å². The number of piperazine rings is 1. The Hall–Kier alpha value is -2.58. The van der Waals surface area contributed by atoms with Crippen LogP contribution in [-0.4, -0.2) is 51.9 Å². The number of aryl methyl sites for hydroxylation is 1. The van der Waals surface area contributed by atoms with Crippen molar-refractivity contribution in [2.75, 3.05) is 26.2 Å². The van der Waals surface area contributed by atoms with Crippen LogP contribution in [0.2, 0.25) is 0 Å². The van der Waals surface area contributed by atoms with Gasteiger partial charge in [-0.2, -0.15) is 0 Å². The Kier molecular flexibility index (Phi) is 6.06. The topological polar surface area (TPSA) is 69.3 Å². The molecular weight excluding hydrogens is 451 g/mol. The zero-order chi connectivity index (χ0) is 24.0. The fraction of sp³-hybridized carbons (Fsp3) is 0.500. The number of carbonyl (C=O) groups excluding carboxylic acids is 1. The molecule has 1 fully saturated rings. The van der Waals surface area contributed by atoms with Gasteiger partial charge in [-0.1, -0.05) is 32.9 Å². The van der Waals surface area contributed by atoms with E-state index in [1.807, 2.05) is 0 Å². The van der Waals surface area contributed by atoms with Gasteiger partial charge in [0.15, 0.2) is 0 Å². The number of aromatic nitrogens is 2. The predicted molar refractivity (Wildman–Crippen MR) is 133 cm³/mol. The molecule has 0 unspecified atom stereocenters. The van der Waals surface area contributed by atoms with Gasteiger partial charge in [0.2, 0.25) is 0 Å². The summed E-state index contributed by atoms with van der Waals surface area (Å²) in [7, 11) is 0. The van der Waals surface area contributed by atoms with E-state index in [4.69, 9.17) is 4.98 Å². The van der Waals surface area contributed by atoms with Crippen molar-refractivity contribution in [3.05, 3.63) is 62.3 Å². The van der Waals surface area contributed by atoms with E-state index in [9.17, 15) is 14.0 Å². The highest BCUT2D eigenvalue weighted by atomic mass is 32.1. The van der Waals surface area contributed by atoms with E-state index in [2.05, 4.69) is 30.7 Å². The summed E-state index contributed by atoms with van der Waals surface area (Å²) in [6, 6.07) is 6.10. The molecule has 0 saturated carbocycles. The third kappa shape index (κ3) is 4.41. The third-order valence-corrected chi connectivity index (χ3v) is 8.48. The van der Waals surface area contributed by atoms with Gasteiger partial charge in [0, 0.05) is 31.1 Å². The second-order valence-electron chi connectivity index (χ2n) is 10.6. The molecule has 5 rings (SSSR count). The summed E-state index contributed by atoms with van der Waals surface area (Å²) < 4.78 is 14.0. The average Bonchev–Trinajstić information content (AvgIpc) is 3.17. The Bertz CT molecular complexity index is 1280. The average molecular weight is 483 g/mol. The summed E-state index contributed by atoms with van der Waals surface area (Å²) in [5, 5.41) is 0.774. The molecule has 1 aliphatic heterocycles. The lowest BCUT2D eigenvalue weighted by molar-refractivity contribution is 0.0621. The van der Waals surface area contributed by atoms with Crippen molar-refractivity contribution in [3.8, 4) is 0 Å². The zero-order valence-electron chi connectivity index (χ0n) is 20.0. The van der Waals surface area contributed by atoms with E-state index in [1.165, 1.54) is 22.6 Å². The molecule has 1 amide bonds. The maximum atomic E-state index is 14.0. The Labute approximate surface area is 202 Å². The van der Waals surface area contributed by atoms with Crippen LogP contribution in [0.3, 0.4) is 0 Å². The van der Waals surface area contributed by atoms with Gasteiger partial charge in [-0.05, 0) is 48.3 Å². The molecule has 2 aliphatic rings. The van der Waals surface area contributed by atoms with Crippen LogP contribution in [0.5, 0.6) is 0 Å². The highest BCUT2D eigenvalue weighted by Gasteiger charge is 2.32. The smallest absolute Gasteiger partial charge is 0.259 e. The lowest BCUT2D eigenvalue weighted by Crippen LogP contribution is -2.48. The van der Waals surface area contributed by atoms with Gasteiger partial charge >= 0.3 is 0 Å². The van der Waals surface area contributed by atoms with Crippen molar-refractivity contribution in [1.82, 2.24) is 19.8 Å². The number of carbonyl (C=O) groups is 1. The monoisotopic (exact) mass is 482 g/mol. The Morgan fingerprint density at radius 2 is 1.94 bits per heavy atom. The van der Waals surface area contributed by atoms with Crippen LogP contribution in [0.25, 0.3) is 10.2 Å². The van der Waals surface area contributed by atoms with Gasteiger partial charge in [-0.25, -0.2) is 9.37 Å². The van der Waals surface area contributed by atoms with Gasteiger partial charge in [0.1, 0.15) is 16.5 Å². The number of nitrogens with zero attached hydrogens (tertiary/aromatic N) is 3. The van der Waals surface area contributed by atoms with E-state index in [-0.39, 0.29) is 22.4 Å². The standard InChI is InChI=1S/C26H31FN4O2S/c1-26(2,3)16-8-9-18-20(14-16)34-24-22(18)23(32)28-21(29-24)15-30-10-12-31(13-11-30)25(33)17-6-4-5-7-19(17)27/h4-7,16H,8-15H2,1-3H3,(H,28,29,32)/t16-/m1/s1. The molecule has 34 heavy (non-hydrogen) atoms. The Morgan fingerprint density at radius 3 is 2.65 bits per heavy atom. The van der Waals surface area contributed by atoms with Crippen molar-refractivity contribution in [3.63, 3.8) is 0 Å². The second kappa shape index (κ2) is 8.89. The second-order valence-corrected chi connectivity index (χ2v) is 11.6. The van der Waals surface area contributed by atoms with E-state index < -0.39 is 5.82 Å². The van der Waals surface area contributed by atoms with Gasteiger partial charge in [0.25, 0.3) is 11.5 Å². The molecule has 8 heteroatoms. The minimum atomic E-state index is -0.488. The number of amides is 1. The fourth-order valence-corrected chi connectivity index (χ4v) is 6.49. The molecule has 2 aromatic heterocycles. The van der Waals surface area contributed by atoms with E-state index in [0.29, 0.717) is 44.5 Å². The van der Waals surface area contributed by atoms with E-state index in [1.54, 1.807) is 28.4 Å². The molecule has 1 aromatic carbocycles. The summed E-state index contributed by atoms with van der Waals surface area (Å²) in [5.41, 5.74) is 1.53. The number of rotatable bonds is 3. The first kappa shape index (κ1) is 23.2. The summed E-state index contributed by atoms with van der Waals surface area (Å²) in [6.07, 6.45) is 3.07. The van der Waals surface area contributed by atoms with Crippen LogP contribution < -0.4 is 5.56 Å². The summed E-state index contributed by atoms with van der Waals surface area (Å²) in [4.78, 5) is 39.5. The predicted octanol–water partition coefficient (Wildman–Crippen LogP) is 4.23. The van der Waals surface area contributed by atoms with Crippen LogP contribution in [0, 0.1) is 17.2 Å². The molecular formula is C26H31FN4O2S. The maximum absolute atomic E-state index is 14.0. The molecule has 180 valence electrons. The van der Waals surface area contributed by atoms with Crippen LogP contribution in [0.4, 0.5) is 4.39 Å². The Balaban J connectivity index is 1.28. The summed E-state index contributed by atoms with van der Waals surface area (Å²) in [5.74, 6) is 0.522. The summed E-state index contributed by atoms with van der Waals surface area (Å²) in [6.45, 7) is 9.74. The molecule has 3 heterocycles. The van der Waals surface area contributed by atoms with E-state index in [0.717, 1.165) is 29.5 Å². The van der Waals surface area contributed by atoms with Crippen molar-refractivity contribution in [2.45, 2.75) is 46.6 Å². The SMILES string of the molecule is CC(C)(C)[C@@H]1CCc2c(sc3nc(CN4CCN(C(=O)c5ccccc5F)CC4)[nH]c(=O)c23)C1. The number of H-pyrrole nitrogens is 1. The first-order valence-electron chi connectivity index (χ1n) is 12.0. The van der Waals surface area contributed by atoms with E-state index >= 15 is 0 Å². The van der Waals surface area contributed by atoms with Gasteiger partial charge < -0.3 is 9.88 Å². The van der Waals surface area contributed by atoms with Crippen molar-refractivity contribution in [2.24, 2.45) is 11.3 Å². The van der Waals surface area contributed by atoms with Gasteiger partial charge in [-0.3, -0.25) is 14.5 Å². The number of hydrogen-bond donors (Lipinski definition) is 1. The van der Waals surface area contributed by atoms with Gasteiger partial charge in [-0.15, -0.1) is 11.3 Å². The fourth-order valence-electron chi connectivity index (χ4n) is 5.17. The molecule has 1 saturated heterocycles. The molecule has 1 N–H and O–H groups in total. The molecule has 3 aromatic rings. The molecule has 1 aliphatic carbocycles. The largest absolute Gasteiger partial charge is 0.336 e. The number of nitrogens with one attached hydrogen (secondary N) is 1. The number of thiophene rings is 1. The Morgan fingerprint density at radius 1 is 1.21 bits per heavy atom. The quantitative estimate of drug-likeness (QED) is 0.607. The minimum Gasteiger partial charge on any atom is -0.336 e. The first-order chi connectivity index (χ1) is 16.2. The normalized spacial score (nSPS) is 19.4. The van der Waals surface area contributed by atoms with Crippen LogP contribution >= 0.6 is 11.3 Å². The summed E-state index contributed by atoms with van der Waals surface area (Å²) >= 11 is 1.68. The molecule has 0 bridgehead atoms. The molecule has 0 spiro atoms. The number of aromatic amines is 1. The van der Waals surface area contributed by atoms with Crippen LogP contribution in [0.1, 0.15) is 53.8 Å². The van der Waals surface area contributed by atoms with Crippen molar-refractivity contribution in [1.29, 1.82) is 0 Å². The lowest BCUT2D eigenvalue weighted by atomic mass is 9.72. The first-order valence-corrected chi connectivity index (χ1v) is 12.8. The highest BCUT2D eigenvalue weighted by molar-refractivity contribution is 7.18. The minimum absolute atomic E-state index is 0.0416. The van der Waals surface area contributed by atoms with Gasteiger partial charge in [0.05, 0.1) is 17.5 Å². The maximum Gasteiger partial charge on any atom is 0.259 e. The number of hydrogen-bond acceptors (Lipinski definition) is 5. The highest BCUT2D eigenvalue weighted by Crippen LogP contribution is 2.42. The van der Waals surface area contributed by atoms with Crippen molar-refractivity contribution >= 4 is 27.5 Å². The molecule has 0 radical (unpaired) electrons.